The van der Waals surface area contributed by atoms with Crippen molar-refractivity contribution < 1.29 is 0 Å². The van der Waals surface area contributed by atoms with Gasteiger partial charge in [-0.25, -0.2) is 9.97 Å². The van der Waals surface area contributed by atoms with Crippen LogP contribution in [0.5, 0.6) is 0 Å². The standard InChI is InChI=1S/C8H12N4.C2H6/c1-5-6(2)12-8(10)7(11-5)3-4-9;1-2/h3-4H,9H2,1-2H3,(H2,10,12);1-2H3/b4-3-;. The van der Waals surface area contributed by atoms with Gasteiger partial charge < -0.3 is 11.5 Å². The monoisotopic (exact) mass is 194 g/mol. The lowest BCUT2D eigenvalue weighted by atomic mass is 10.3. The van der Waals surface area contributed by atoms with Crippen molar-refractivity contribution in [3.05, 3.63) is 23.3 Å². The summed E-state index contributed by atoms with van der Waals surface area (Å²) in [5, 5.41) is 0. The first-order chi connectivity index (χ1) is 6.65. The van der Waals surface area contributed by atoms with Gasteiger partial charge in [-0.2, -0.15) is 0 Å². The molecule has 0 radical (unpaired) electrons. The number of hydrogen-bond acceptors (Lipinski definition) is 4. The van der Waals surface area contributed by atoms with E-state index in [0.29, 0.717) is 11.5 Å². The van der Waals surface area contributed by atoms with Crippen LogP contribution in [0.15, 0.2) is 6.20 Å². The first kappa shape index (κ1) is 12.4. The molecule has 1 aromatic rings. The molecule has 4 N–H and O–H groups in total. The molecule has 4 heteroatoms. The molecule has 78 valence electrons. The fourth-order valence-corrected chi connectivity index (χ4v) is 0.852. The summed E-state index contributed by atoms with van der Waals surface area (Å²) in [7, 11) is 0. The largest absolute Gasteiger partial charge is 0.405 e. The van der Waals surface area contributed by atoms with E-state index in [1.54, 1.807) is 6.08 Å². The highest BCUT2D eigenvalue weighted by Gasteiger charge is 2.01. The molecule has 4 nitrogen and oxygen atoms in total. The van der Waals surface area contributed by atoms with Crippen molar-refractivity contribution in [3.63, 3.8) is 0 Å². The lowest BCUT2D eigenvalue weighted by Gasteiger charge is -2.02. The number of aryl methyl sites for hydroxylation is 2. The minimum atomic E-state index is 0.416. The highest BCUT2D eigenvalue weighted by atomic mass is 14.9. The summed E-state index contributed by atoms with van der Waals surface area (Å²) in [6.45, 7) is 7.75. The molecule has 1 rings (SSSR count). The van der Waals surface area contributed by atoms with Crippen LogP contribution in [-0.4, -0.2) is 9.97 Å². The number of rotatable bonds is 1. The third-order valence-corrected chi connectivity index (χ3v) is 1.62. The zero-order valence-corrected chi connectivity index (χ0v) is 9.20. The zero-order chi connectivity index (χ0) is 11.1. The van der Waals surface area contributed by atoms with Gasteiger partial charge >= 0.3 is 0 Å². The van der Waals surface area contributed by atoms with E-state index >= 15 is 0 Å². The Kier molecular flexibility index (Phi) is 5.29. The third kappa shape index (κ3) is 3.05. The smallest absolute Gasteiger partial charge is 0.149 e. The first-order valence-electron chi connectivity index (χ1n) is 4.64. The predicted molar refractivity (Wildman–Crippen MR) is 60.5 cm³/mol. The van der Waals surface area contributed by atoms with Gasteiger partial charge in [0.2, 0.25) is 0 Å². The molecule has 0 atom stereocenters. The van der Waals surface area contributed by atoms with Crippen molar-refractivity contribution in [2.45, 2.75) is 27.7 Å². The lowest BCUT2D eigenvalue weighted by Crippen LogP contribution is -2.02. The van der Waals surface area contributed by atoms with Gasteiger partial charge in [-0.1, -0.05) is 13.8 Å². The molecule has 1 heterocycles. The van der Waals surface area contributed by atoms with Crippen molar-refractivity contribution in [2.75, 3.05) is 5.73 Å². The van der Waals surface area contributed by atoms with Crippen LogP contribution in [0.3, 0.4) is 0 Å². The van der Waals surface area contributed by atoms with Crippen LogP contribution >= 0.6 is 0 Å². The van der Waals surface area contributed by atoms with E-state index in [2.05, 4.69) is 9.97 Å². The quantitative estimate of drug-likeness (QED) is 0.712. The SMILES string of the molecule is CC.Cc1nc(N)c(/C=C\N)nc1C. The Hall–Kier alpha value is -1.58. The van der Waals surface area contributed by atoms with Gasteiger partial charge in [0.05, 0.1) is 11.4 Å². The van der Waals surface area contributed by atoms with E-state index in [-0.39, 0.29) is 0 Å². The molecule has 0 bridgehead atoms. The highest BCUT2D eigenvalue weighted by molar-refractivity contribution is 5.56. The number of nitrogen functional groups attached to an aromatic ring is 1. The van der Waals surface area contributed by atoms with E-state index in [1.807, 2.05) is 27.7 Å². The maximum absolute atomic E-state index is 5.60. The molecule has 0 unspecified atom stereocenters. The molecule has 0 fully saturated rings. The molecular formula is C10H18N4. The van der Waals surface area contributed by atoms with Gasteiger partial charge in [-0.05, 0) is 26.1 Å². The van der Waals surface area contributed by atoms with Crippen LogP contribution in [0, 0.1) is 13.8 Å². The Morgan fingerprint density at radius 3 is 2.07 bits per heavy atom. The maximum Gasteiger partial charge on any atom is 0.149 e. The fraction of sp³-hybridized carbons (Fsp3) is 0.400. The minimum absolute atomic E-state index is 0.416. The summed E-state index contributed by atoms with van der Waals surface area (Å²) >= 11 is 0. The Morgan fingerprint density at radius 2 is 1.57 bits per heavy atom. The van der Waals surface area contributed by atoms with E-state index in [4.69, 9.17) is 11.5 Å². The average molecular weight is 194 g/mol. The van der Waals surface area contributed by atoms with Crippen molar-refractivity contribution in [1.29, 1.82) is 0 Å². The van der Waals surface area contributed by atoms with Gasteiger partial charge in [-0.3, -0.25) is 0 Å². The predicted octanol–water partition coefficient (Wildman–Crippen LogP) is 1.63. The van der Waals surface area contributed by atoms with Crippen molar-refractivity contribution in [2.24, 2.45) is 5.73 Å². The van der Waals surface area contributed by atoms with Crippen LogP contribution < -0.4 is 11.5 Å². The molecule has 0 aliphatic carbocycles. The highest BCUT2D eigenvalue weighted by Crippen LogP contribution is 2.10. The summed E-state index contributed by atoms with van der Waals surface area (Å²) in [4.78, 5) is 8.31. The molecule has 0 aliphatic rings. The van der Waals surface area contributed by atoms with Gasteiger partial charge in [0.1, 0.15) is 11.5 Å². The van der Waals surface area contributed by atoms with Crippen LogP contribution in [0.25, 0.3) is 6.08 Å². The molecule has 1 aromatic heterocycles. The Labute approximate surface area is 85.1 Å². The van der Waals surface area contributed by atoms with Crippen molar-refractivity contribution in [3.8, 4) is 0 Å². The fourth-order valence-electron chi connectivity index (χ4n) is 0.852. The van der Waals surface area contributed by atoms with E-state index < -0.39 is 0 Å². The molecule has 0 aromatic carbocycles. The summed E-state index contributed by atoms with van der Waals surface area (Å²) in [6.07, 6.45) is 3.03. The maximum atomic E-state index is 5.60. The van der Waals surface area contributed by atoms with Gasteiger partial charge in [0.15, 0.2) is 0 Å². The third-order valence-electron chi connectivity index (χ3n) is 1.62. The Bertz CT molecular complexity index is 318. The summed E-state index contributed by atoms with van der Waals surface area (Å²) in [6, 6.07) is 0. The summed E-state index contributed by atoms with van der Waals surface area (Å²) < 4.78 is 0. The topological polar surface area (TPSA) is 77.8 Å². The molecular weight excluding hydrogens is 176 g/mol. The zero-order valence-electron chi connectivity index (χ0n) is 9.20. The average Bonchev–Trinajstić information content (AvgIpc) is 2.18. The van der Waals surface area contributed by atoms with Crippen LogP contribution in [0.4, 0.5) is 5.82 Å². The van der Waals surface area contributed by atoms with E-state index in [1.165, 1.54) is 6.20 Å². The summed E-state index contributed by atoms with van der Waals surface area (Å²) in [5.41, 5.74) is 13.2. The van der Waals surface area contributed by atoms with E-state index in [0.717, 1.165) is 11.4 Å². The van der Waals surface area contributed by atoms with Gasteiger partial charge in [0.25, 0.3) is 0 Å². The normalized spacial score (nSPS) is 9.71. The second-order valence-corrected chi connectivity index (χ2v) is 2.52. The number of nitrogens with zero attached hydrogens (tertiary/aromatic N) is 2. The Balaban J connectivity index is 0.000000791. The second kappa shape index (κ2) is 5.96. The molecule has 0 spiro atoms. The van der Waals surface area contributed by atoms with Gasteiger partial charge in [0, 0.05) is 0 Å². The number of nitrogens with two attached hydrogens (primary N) is 2. The summed E-state index contributed by atoms with van der Waals surface area (Å²) in [5.74, 6) is 0.416. The molecule has 0 saturated heterocycles. The second-order valence-electron chi connectivity index (χ2n) is 2.52. The number of aromatic nitrogens is 2. The molecule has 14 heavy (non-hydrogen) atoms. The minimum Gasteiger partial charge on any atom is -0.405 e. The van der Waals surface area contributed by atoms with Gasteiger partial charge in [-0.15, -0.1) is 0 Å². The van der Waals surface area contributed by atoms with Crippen LogP contribution in [0.1, 0.15) is 30.9 Å². The van der Waals surface area contributed by atoms with Crippen molar-refractivity contribution >= 4 is 11.9 Å². The van der Waals surface area contributed by atoms with Crippen LogP contribution in [-0.2, 0) is 0 Å². The molecule has 0 amide bonds. The molecule has 0 saturated carbocycles. The number of hydrogen-bond donors (Lipinski definition) is 2. The van der Waals surface area contributed by atoms with Crippen molar-refractivity contribution in [1.82, 2.24) is 9.97 Å². The van der Waals surface area contributed by atoms with E-state index in [9.17, 15) is 0 Å². The first-order valence-corrected chi connectivity index (χ1v) is 4.64. The Morgan fingerprint density at radius 1 is 1.07 bits per heavy atom. The molecule has 0 aliphatic heterocycles. The number of anilines is 1. The lowest BCUT2D eigenvalue weighted by molar-refractivity contribution is 1.04. The van der Waals surface area contributed by atoms with Crippen LogP contribution in [0.2, 0.25) is 0 Å².